The Labute approximate surface area is 142 Å². The van der Waals surface area contributed by atoms with Crippen molar-refractivity contribution >= 4 is 49.5 Å². The van der Waals surface area contributed by atoms with Crippen LogP contribution in [0.5, 0.6) is 0 Å². The second kappa shape index (κ2) is 6.54. The van der Waals surface area contributed by atoms with Crippen LogP contribution in [0.25, 0.3) is 21.8 Å². The van der Waals surface area contributed by atoms with Gasteiger partial charge in [-0.2, -0.15) is 5.10 Å². The molecular formula is C16H18BrN5O. The molecule has 0 saturated heterocycles. The number of fused-ring (bicyclic) bond motifs is 3. The molecule has 7 heteroatoms. The van der Waals surface area contributed by atoms with E-state index in [-0.39, 0.29) is 5.91 Å². The van der Waals surface area contributed by atoms with E-state index in [4.69, 9.17) is 5.73 Å². The topological polar surface area (TPSA) is 85.8 Å². The normalized spacial score (nSPS) is 11.2. The molecule has 0 radical (unpaired) electrons. The molecule has 2 heterocycles. The summed E-state index contributed by atoms with van der Waals surface area (Å²) in [6, 6.07) is 5.93. The Morgan fingerprint density at radius 2 is 2.22 bits per heavy atom. The molecule has 3 N–H and O–H groups in total. The lowest BCUT2D eigenvalue weighted by atomic mass is 10.1. The molecule has 2 aromatic heterocycles. The minimum atomic E-state index is 0.0701. The molecule has 3 rings (SSSR count). The minimum Gasteiger partial charge on any atom is -0.382 e. The Hall–Kier alpha value is -2.15. The van der Waals surface area contributed by atoms with Crippen LogP contribution >= 0.6 is 15.9 Å². The second-order valence-corrected chi connectivity index (χ2v) is 6.29. The van der Waals surface area contributed by atoms with Crippen LogP contribution in [0, 0.1) is 0 Å². The van der Waals surface area contributed by atoms with Gasteiger partial charge < -0.3 is 11.1 Å². The van der Waals surface area contributed by atoms with E-state index < -0.39 is 0 Å². The van der Waals surface area contributed by atoms with Crippen molar-refractivity contribution in [2.75, 3.05) is 12.3 Å². The molecule has 0 unspecified atom stereocenters. The van der Waals surface area contributed by atoms with Gasteiger partial charge in [-0.25, -0.2) is 4.98 Å². The van der Waals surface area contributed by atoms with Gasteiger partial charge in [-0.15, -0.1) is 0 Å². The fraction of sp³-hybridized carbons (Fsp3) is 0.312. The van der Waals surface area contributed by atoms with E-state index in [0.717, 1.165) is 27.2 Å². The lowest BCUT2D eigenvalue weighted by Crippen LogP contribution is -2.22. The number of aromatic nitrogens is 3. The quantitative estimate of drug-likeness (QED) is 0.717. The summed E-state index contributed by atoms with van der Waals surface area (Å²) in [5, 5.41) is 9.31. The Morgan fingerprint density at radius 3 is 3.00 bits per heavy atom. The number of aryl methyl sites for hydroxylation is 1. The Morgan fingerprint density at radius 1 is 1.39 bits per heavy atom. The molecule has 0 spiro atoms. The number of rotatable bonds is 5. The van der Waals surface area contributed by atoms with Crippen molar-refractivity contribution in [1.29, 1.82) is 0 Å². The van der Waals surface area contributed by atoms with Gasteiger partial charge in [0.15, 0.2) is 5.82 Å². The van der Waals surface area contributed by atoms with Crippen LogP contribution in [0.3, 0.4) is 0 Å². The summed E-state index contributed by atoms with van der Waals surface area (Å²) in [4.78, 5) is 15.9. The van der Waals surface area contributed by atoms with Crippen LogP contribution in [0.2, 0.25) is 0 Å². The Kier molecular flexibility index (Phi) is 4.47. The molecular weight excluding hydrogens is 358 g/mol. The fourth-order valence-corrected chi connectivity index (χ4v) is 2.97. The molecule has 0 saturated carbocycles. The van der Waals surface area contributed by atoms with Crippen molar-refractivity contribution in [2.45, 2.75) is 26.3 Å². The zero-order valence-electron chi connectivity index (χ0n) is 12.8. The summed E-state index contributed by atoms with van der Waals surface area (Å²) in [6.07, 6.45) is 3.20. The number of anilines is 1. The summed E-state index contributed by atoms with van der Waals surface area (Å²) in [5.41, 5.74) is 7.58. The van der Waals surface area contributed by atoms with E-state index in [9.17, 15) is 4.79 Å². The first-order chi connectivity index (χ1) is 11.1. The first-order valence-electron chi connectivity index (χ1n) is 7.57. The van der Waals surface area contributed by atoms with E-state index in [1.165, 1.54) is 0 Å². The highest BCUT2D eigenvalue weighted by molar-refractivity contribution is 9.10. The predicted octanol–water partition coefficient (Wildman–Crippen LogP) is 2.85. The summed E-state index contributed by atoms with van der Waals surface area (Å²) in [6.45, 7) is 3.24. The monoisotopic (exact) mass is 375 g/mol. The molecule has 0 atom stereocenters. The molecule has 1 aromatic carbocycles. The third kappa shape index (κ3) is 3.29. The lowest BCUT2D eigenvalue weighted by molar-refractivity contribution is -0.121. The molecule has 6 nitrogen and oxygen atoms in total. The molecule has 1 amide bonds. The minimum absolute atomic E-state index is 0.0701. The zero-order valence-corrected chi connectivity index (χ0v) is 14.4. The number of carbonyl (C=O) groups is 1. The van der Waals surface area contributed by atoms with Crippen LogP contribution in [0.15, 0.2) is 28.9 Å². The number of nitrogens with two attached hydrogens (primary N) is 1. The van der Waals surface area contributed by atoms with Crippen LogP contribution in [-0.2, 0) is 11.3 Å². The van der Waals surface area contributed by atoms with E-state index in [1.54, 1.807) is 0 Å². The fourth-order valence-electron chi connectivity index (χ4n) is 2.62. The molecule has 0 aliphatic rings. The highest BCUT2D eigenvalue weighted by Crippen LogP contribution is 2.28. The summed E-state index contributed by atoms with van der Waals surface area (Å²) >= 11 is 3.45. The zero-order chi connectivity index (χ0) is 16.4. The summed E-state index contributed by atoms with van der Waals surface area (Å²) < 4.78 is 2.80. The maximum Gasteiger partial charge on any atom is 0.220 e. The highest BCUT2D eigenvalue weighted by Gasteiger charge is 2.11. The molecule has 0 fully saturated rings. The average molecular weight is 376 g/mol. The SMILES string of the molecule is CCNC(=O)CCCn1cc2c(n1)c(N)nc1cc(Br)ccc12. The van der Waals surface area contributed by atoms with Crippen LogP contribution in [0.4, 0.5) is 5.82 Å². The number of hydrogen-bond acceptors (Lipinski definition) is 4. The third-order valence-electron chi connectivity index (χ3n) is 3.66. The van der Waals surface area contributed by atoms with Gasteiger partial charge >= 0.3 is 0 Å². The maximum absolute atomic E-state index is 11.5. The van der Waals surface area contributed by atoms with Crippen molar-refractivity contribution in [1.82, 2.24) is 20.1 Å². The standard InChI is InChI=1S/C16H18BrN5O/c1-2-19-14(23)4-3-7-22-9-12-11-6-5-10(17)8-13(11)20-16(18)15(12)21-22/h5-6,8-9H,2-4,7H2,1H3,(H2,18,20)(H,19,23). The first-order valence-corrected chi connectivity index (χ1v) is 8.36. The number of carbonyl (C=O) groups excluding carboxylic acids is 1. The number of nitrogens with zero attached hydrogens (tertiary/aromatic N) is 3. The smallest absolute Gasteiger partial charge is 0.220 e. The molecule has 120 valence electrons. The third-order valence-corrected chi connectivity index (χ3v) is 4.15. The molecule has 23 heavy (non-hydrogen) atoms. The van der Waals surface area contributed by atoms with Gasteiger partial charge in [-0.3, -0.25) is 9.48 Å². The van der Waals surface area contributed by atoms with Gasteiger partial charge in [0.05, 0.1) is 5.52 Å². The van der Waals surface area contributed by atoms with Crippen LogP contribution in [0.1, 0.15) is 19.8 Å². The molecule has 0 bridgehead atoms. The van der Waals surface area contributed by atoms with Gasteiger partial charge in [0.2, 0.25) is 5.91 Å². The van der Waals surface area contributed by atoms with E-state index in [0.29, 0.717) is 30.8 Å². The number of pyridine rings is 1. The van der Waals surface area contributed by atoms with Gasteiger partial charge in [-0.1, -0.05) is 22.0 Å². The predicted molar refractivity (Wildman–Crippen MR) is 95.1 cm³/mol. The number of benzene rings is 1. The lowest BCUT2D eigenvalue weighted by Gasteiger charge is -2.02. The maximum atomic E-state index is 11.5. The van der Waals surface area contributed by atoms with Crippen molar-refractivity contribution in [3.8, 4) is 0 Å². The van der Waals surface area contributed by atoms with Crippen molar-refractivity contribution in [3.63, 3.8) is 0 Å². The Bertz CT molecular complexity index is 874. The number of halogens is 1. The number of hydrogen-bond donors (Lipinski definition) is 2. The van der Waals surface area contributed by atoms with E-state index >= 15 is 0 Å². The Balaban J connectivity index is 1.88. The summed E-state index contributed by atoms with van der Waals surface area (Å²) in [5.74, 6) is 0.494. The highest BCUT2D eigenvalue weighted by atomic mass is 79.9. The van der Waals surface area contributed by atoms with Gasteiger partial charge in [0.25, 0.3) is 0 Å². The van der Waals surface area contributed by atoms with Crippen molar-refractivity contribution < 1.29 is 4.79 Å². The van der Waals surface area contributed by atoms with Crippen molar-refractivity contribution in [2.24, 2.45) is 0 Å². The number of nitrogen functional groups attached to an aromatic ring is 1. The van der Waals surface area contributed by atoms with Crippen LogP contribution < -0.4 is 11.1 Å². The summed E-state index contributed by atoms with van der Waals surface area (Å²) in [7, 11) is 0. The first kappa shape index (κ1) is 15.7. The van der Waals surface area contributed by atoms with Gasteiger partial charge in [-0.05, 0) is 25.5 Å². The van der Waals surface area contributed by atoms with Gasteiger partial charge in [0, 0.05) is 41.0 Å². The largest absolute Gasteiger partial charge is 0.382 e. The molecule has 3 aromatic rings. The van der Waals surface area contributed by atoms with Crippen molar-refractivity contribution in [3.05, 3.63) is 28.9 Å². The van der Waals surface area contributed by atoms with Gasteiger partial charge in [0.1, 0.15) is 5.52 Å². The van der Waals surface area contributed by atoms with E-state index in [1.807, 2.05) is 36.0 Å². The molecule has 0 aliphatic carbocycles. The van der Waals surface area contributed by atoms with Crippen LogP contribution in [-0.4, -0.2) is 27.2 Å². The second-order valence-electron chi connectivity index (χ2n) is 5.37. The number of nitrogens with one attached hydrogen (secondary N) is 1. The van der Waals surface area contributed by atoms with E-state index in [2.05, 4.69) is 31.3 Å². The molecule has 0 aliphatic heterocycles. The number of amides is 1. The average Bonchev–Trinajstić information content (AvgIpc) is 2.92.